The first-order valence-electron chi connectivity index (χ1n) is 5.99. The maximum absolute atomic E-state index is 11.5. The molecule has 0 saturated carbocycles. The van der Waals surface area contributed by atoms with Gasteiger partial charge in [-0.15, -0.1) is 0 Å². The third-order valence-corrected chi connectivity index (χ3v) is 2.88. The van der Waals surface area contributed by atoms with Gasteiger partial charge in [0, 0.05) is 12.2 Å². The number of anilines is 1. The Labute approximate surface area is 108 Å². The fourth-order valence-corrected chi connectivity index (χ4v) is 1.67. The zero-order valence-corrected chi connectivity index (χ0v) is 11.5. The number of nitrogens with zero attached hydrogens (tertiary/aromatic N) is 1. The molecule has 0 bridgehead atoms. The van der Waals surface area contributed by atoms with Gasteiger partial charge in [0.15, 0.2) is 0 Å². The molecule has 0 spiro atoms. The summed E-state index contributed by atoms with van der Waals surface area (Å²) in [6, 6.07) is 1.85. The maximum atomic E-state index is 11.5. The van der Waals surface area contributed by atoms with Crippen LogP contribution in [0.25, 0.3) is 0 Å². The van der Waals surface area contributed by atoms with Crippen molar-refractivity contribution in [1.29, 1.82) is 0 Å². The number of nitrogens with two attached hydrogens (primary N) is 2. The minimum atomic E-state index is -0.465. The standard InChI is InChI=1S/C13H22N4O/c1-8-5-9(2)17-12(10(8)11(15)18)16-7-13(3,4)6-14/h5H,6-7,14H2,1-4H3,(H2,15,18)(H,16,17). The smallest absolute Gasteiger partial charge is 0.252 e. The zero-order valence-electron chi connectivity index (χ0n) is 11.5. The molecule has 0 unspecified atom stereocenters. The van der Waals surface area contributed by atoms with E-state index in [4.69, 9.17) is 11.5 Å². The van der Waals surface area contributed by atoms with Crippen molar-refractivity contribution < 1.29 is 4.79 Å². The van der Waals surface area contributed by atoms with E-state index in [1.165, 1.54) is 0 Å². The van der Waals surface area contributed by atoms with Crippen LogP contribution in [0.3, 0.4) is 0 Å². The Kier molecular flexibility index (Phi) is 4.29. The number of carbonyl (C=O) groups is 1. The maximum Gasteiger partial charge on any atom is 0.252 e. The molecule has 5 N–H and O–H groups in total. The molecule has 0 aliphatic rings. The first kappa shape index (κ1) is 14.4. The molecular formula is C13H22N4O. The van der Waals surface area contributed by atoms with Gasteiger partial charge in [-0.3, -0.25) is 4.79 Å². The molecule has 1 amide bonds. The predicted octanol–water partition coefficient (Wildman–Crippen LogP) is 1.19. The molecule has 0 aliphatic carbocycles. The summed E-state index contributed by atoms with van der Waals surface area (Å²) in [5.74, 6) is 0.0783. The van der Waals surface area contributed by atoms with Gasteiger partial charge in [0.2, 0.25) is 0 Å². The van der Waals surface area contributed by atoms with E-state index in [1.54, 1.807) is 0 Å². The zero-order chi connectivity index (χ0) is 13.9. The molecule has 5 nitrogen and oxygen atoms in total. The minimum Gasteiger partial charge on any atom is -0.369 e. The van der Waals surface area contributed by atoms with Crippen LogP contribution in [0.15, 0.2) is 6.07 Å². The lowest BCUT2D eigenvalue weighted by atomic mass is 9.94. The van der Waals surface area contributed by atoms with E-state index in [2.05, 4.69) is 10.3 Å². The van der Waals surface area contributed by atoms with Gasteiger partial charge >= 0.3 is 0 Å². The largest absolute Gasteiger partial charge is 0.369 e. The van der Waals surface area contributed by atoms with Gasteiger partial charge in [-0.05, 0) is 37.4 Å². The van der Waals surface area contributed by atoms with Gasteiger partial charge in [-0.2, -0.15) is 0 Å². The highest BCUT2D eigenvalue weighted by Crippen LogP contribution is 2.20. The van der Waals surface area contributed by atoms with E-state index >= 15 is 0 Å². The molecule has 18 heavy (non-hydrogen) atoms. The van der Waals surface area contributed by atoms with Gasteiger partial charge in [-0.1, -0.05) is 13.8 Å². The summed E-state index contributed by atoms with van der Waals surface area (Å²) in [6.45, 7) is 9.03. The minimum absolute atomic E-state index is 0.0613. The first-order chi connectivity index (χ1) is 8.26. The fourth-order valence-electron chi connectivity index (χ4n) is 1.67. The Bertz CT molecular complexity index is 455. The summed E-state index contributed by atoms with van der Waals surface area (Å²) in [7, 11) is 0. The van der Waals surface area contributed by atoms with Gasteiger partial charge in [0.25, 0.3) is 5.91 Å². The van der Waals surface area contributed by atoms with Crippen molar-refractivity contribution in [2.45, 2.75) is 27.7 Å². The molecule has 100 valence electrons. The third-order valence-electron chi connectivity index (χ3n) is 2.88. The van der Waals surface area contributed by atoms with Crippen molar-refractivity contribution in [1.82, 2.24) is 4.98 Å². The average Bonchev–Trinajstić information content (AvgIpc) is 2.25. The summed E-state index contributed by atoms with van der Waals surface area (Å²) in [4.78, 5) is 15.8. The number of carbonyl (C=O) groups excluding carboxylic acids is 1. The summed E-state index contributed by atoms with van der Waals surface area (Å²) in [5.41, 5.74) is 13.1. The van der Waals surface area contributed by atoms with Gasteiger partial charge in [0.05, 0.1) is 5.56 Å². The lowest BCUT2D eigenvalue weighted by molar-refractivity contribution is 0.1000. The molecule has 0 aliphatic heterocycles. The summed E-state index contributed by atoms with van der Waals surface area (Å²) >= 11 is 0. The van der Waals surface area contributed by atoms with Crippen LogP contribution in [0.1, 0.15) is 35.5 Å². The van der Waals surface area contributed by atoms with Crippen molar-refractivity contribution in [3.8, 4) is 0 Å². The van der Waals surface area contributed by atoms with Crippen LogP contribution in [0.4, 0.5) is 5.82 Å². The second-order valence-electron chi connectivity index (χ2n) is 5.39. The third kappa shape index (κ3) is 3.43. The van der Waals surface area contributed by atoms with Crippen LogP contribution in [0.2, 0.25) is 0 Å². The normalized spacial score (nSPS) is 11.4. The highest BCUT2D eigenvalue weighted by Gasteiger charge is 2.19. The van der Waals surface area contributed by atoms with Crippen LogP contribution in [-0.2, 0) is 0 Å². The van der Waals surface area contributed by atoms with E-state index in [1.807, 2.05) is 33.8 Å². The SMILES string of the molecule is Cc1cc(C)c(C(N)=O)c(NCC(C)(C)CN)n1. The Morgan fingerprint density at radius 2 is 2.06 bits per heavy atom. The highest BCUT2D eigenvalue weighted by atomic mass is 16.1. The van der Waals surface area contributed by atoms with Crippen molar-refractivity contribution in [3.05, 3.63) is 22.9 Å². The van der Waals surface area contributed by atoms with E-state index in [0.717, 1.165) is 11.3 Å². The van der Waals surface area contributed by atoms with Crippen molar-refractivity contribution >= 4 is 11.7 Å². The highest BCUT2D eigenvalue weighted by molar-refractivity contribution is 5.99. The van der Waals surface area contributed by atoms with Crippen LogP contribution >= 0.6 is 0 Å². The number of aromatic nitrogens is 1. The Morgan fingerprint density at radius 1 is 1.44 bits per heavy atom. The van der Waals surface area contributed by atoms with E-state index in [-0.39, 0.29) is 5.41 Å². The number of hydrogen-bond donors (Lipinski definition) is 3. The van der Waals surface area contributed by atoms with Crippen molar-refractivity contribution in [2.75, 3.05) is 18.4 Å². The predicted molar refractivity (Wildman–Crippen MR) is 73.6 cm³/mol. The number of rotatable bonds is 5. The lowest BCUT2D eigenvalue weighted by Gasteiger charge is -2.24. The second kappa shape index (κ2) is 5.35. The Hall–Kier alpha value is -1.62. The van der Waals surface area contributed by atoms with Crippen LogP contribution in [-0.4, -0.2) is 24.0 Å². The fraction of sp³-hybridized carbons (Fsp3) is 0.538. The molecule has 1 rings (SSSR count). The first-order valence-corrected chi connectivity index (χ1v) is 5.99. The quantitative estimate of drug-likeness (QED) is 0.731. The van der Waals surface area contributed by atoms with Crippen LogP contribution in [0, 0.1) is 19.3 Å². The van der Waals surface area contributed by atoms with E-state index in [0.29, 0.717) is 24.5 Å². The number of pyridine rings is 1. The molecule has 0 atom stereocenters. The number of hydrogen-bond acceptors (Lipinski definition) is 4. The summed E-state index contributed by atoms with van der Waals surface area (Å²) in [6.07, 6.45) is 0. The summed E-state index contributed by atoms with van der Waals surface area (Å²) < 4.78 is 0. The van der Waals surface area contributed by atoms with Crippen molar-refractivity contribution in [3.63, 3.8) is 0 Å². The summed E-state index contributed by atoms with van der Waals surface area (Å²) in [5, 5.41) is 3.18. The van der Waals surface area contributed by atoms with Gasteiger partial charge in [-0.25, -0.2) is 4.98 Å². The van der Waals surface area contributed by atoms with Gasteiger partial charge < -0.3 is 16.8 Å². The van der Waals surface area contributed by atoms with E-state index in [9.17, 15) is 4.79 Å². The lowest BCUT2D eigenvalue weighted by Crippen LogP contribution is -2.32. The van der Waals surface area contributed by atoms with Gasteiger partial charge in [0.1, 0.15) is 5.82 Å². The van der Waals surface area contributed by atoms with Crippen LogP contribution < -0.4 is 16.8 Å². The molecule has 1 aromatic heterocycles. The monoisotopic (exact) mass is 250 g/mol. The number of aryl methyl sites for hydroxylation is 2. The molecule has 0 saturated heterocycles. The Balaban J connectivity index is 3.04. The molecule has 1 heterocycles. The molecule has 0 radical (unpaired) electrons. The number of nitrogens with one attached hydrogen (secondary N) is 1. The number of amides is 1. The Morgan fingerprint density at radius 3 is 2.56 bits per heavy atom. The topological polar surface area (TPSA) is 94.0 Å². The molecule has 5 heteroatoms. The molecule has 0 fully saturated rings. The average molecular weight is 250 g/mol. The molecular weight excluding hydrogens is 228 g/mol. The van der Waals surface area contributed by atoms with Crippen molar-refractivity contribution in [2.24, 2.45) is 16.9 Å². The van der Waals surface area contributed by atoms with E-state index < -0.39 is 5.91 Å². The van der Waals surface area contributed by atoms with Crippen LogP contribution in [0.5, 0.6) is 0 Å². The second-order valence-corrected chi connectivity index (χ2v) is 5.39. The number of primary amides is 1. The molecule has 1 aromatic rings. The molecule has 0 aromatic carbocycles.